The molecule has 1 aromatic heterocycles. The van der Waals surface area contributed by atoms with E-state index in [0.29, 0.717) is 23.9 Å². The van der Waals surface area contributed by atoms with Crippen LogP contribution in [0.3, 0.4) is 0 Å². The molecule has 0 saturated heterocycles. The summed E-state index contributed by atoms with van der Waals surface area (Å²) in [6.45, 7) is 6.50. The van der Waals surface area contributed by atoms with E-state index >= 15 is 0 Å². The van der Waals surface area contributed by atoms with Gasteiger partial charge in [-0.25, -0.2) is 4.79 Å². The van der Waals surface area contributed by atoms with Crippen LogP contribution in [0.2, 0.25) is 0 Å². The summed E-state index contributed by atoms with van der Waals surface area (Å²) in [4.78, 5) is 15.3. The van der Waals surface area contributed by atoms with Crippen LogP contribution in [0, 0.1) is 5.92 Å². The summed E-state index contributed by atoms with van der Waals surface area (Å²) in [7, 11) is 0. The Morgan fingerprint density at radius 1 is 1.43 bits per heavy atom. The van der Waals surface area contributed by atoms with Gasteiger partial charge in [-0.05, 0) is 31.0 Å². The average molecular weight is 290 g/mol. The summed E-state index contributed by atoms with van der Waals surface area (Å²) in [6.07, 6.45) is -0.241. The highest BCUT2D eigenvalue weighted by atomic mass is 16.5. The van der Waals surface area contributed by atoms with Gasteiger partial charge in [-0.1, -0.05) is 25.1 Å². The Labute approximate surface area is 122 Å². The van der Waals surface area contributed by atoms with Crippen LogP contribution in [-0.2, 0) is 4.74 Å². The van der Waals surface area contributed by atoms with E-state index < -0.39 is 5.97 Å². The lowest BCUT2D eigenvalue weighted by atomic mass is 10.1. The predicted octanol–water partition coefficient (Wildman–Crippen LogP) is 3.17. The van der Waals surface area contributed by atoms with Crippen LogP contribution < -0.4 is 0 Å². The topological polar surface area (TPSA) is 85.5 Å². The average Bonchev–Trinajstić information content (AvgIpc) is 2.94. The van der Waals surface area contributed by atoms with Gasteiger partial charge in [0.05, 0.1) is 5.56 Å². The summed E-state index contributed by atoms with van der Waals surface area (Å²) in [6, 6.07) is 6.39. The lowest BCUT2D eigenvalue weighted by Gasteiger charge is -2.16. The number of hydrogen-bond donors (Lipinski definition) is 1. The fraction of sp³-hybridized carbons (Fsp3) is 0.400. The third kappa shape index (κ3) is 3.46. The molecule has 0 amide bonds. The Morgan fingerprint density at radius 2 is 2.19 bits per heavy atom. The third-order valence-electron chi connectivity index (χ3n) is 3.00. The summed E-state index contributed by atoms with van der Waals surface area (Å²) >= 11 is 0. The van der Waals surface area contributed by atoms with Crippen LogP contribution in [0.1, 0.15) is 43.1 Å². The van der Waals surface area contributed by atoms with Gasteiger partial charge < -0.3 is 14.4 Å². The minimum atomic E-state index is -0.994. The molecule has 0 radical (unpaired) electrons. The second kappa shape index (κ2) is 6.49. The normalized spacial score (nSPS) is 12.6. The zero-order valence-electron chi connectivity index (χ0n) is 12.2. The van der Waals surface area contributed by atoms with Crippen molar-refractivity contribution in [1.29, 1.82) is 0 Å². The number of carboxylic acid groups (broad SMARTS) is 1. The van der Waals surface area contributed by atoms with E-state index in [0.717, 1.165) is 0 Å². The first-order valence-corrected chi connectivity index (χ1v) is 6.81. The minimum absolute atomic E-state index is 0.178. The first-order chi connectivity index (χ1) is 10.0. The molecule has 0 aliphatic rings. The van der Waals surface area contributed by atoms with Crippen molar-refractivity contribution in [3.63, 3.8) is 0 Å². The molecule has 2 rings (SSSR count). The maximum Gasteiger partial charge on any atom is 0.335 e. The summed E-state index contributed by atoms with van der Waals surface area (Å²) in [5.74, 6) is -0.0206. The number of aromatic nitrogens is 2. The fourth-order valence-electron chi connectivity index (χ4n) is 2.00. The van der Waals surface area contributed by atoms with E-state index in [-0.39, 0.29) is 17.6 Å². The third-order valence-corrected chi connectivity index (χ3v) is 3.00. The molecule has 112 valence electrons. The van der Waals surface area contributed by atoms with Crippen molar-refractivity contribution < 1.29 is 19.2 Å². The van der Waals surface area contributed by atoms with E-state index in [1.165, 1.54) is 12.1 Å². The fourth-order valence-corrected chi connectivity index (χ4v) is 2.00. The maximum absolute atomic E-state index is 11.0. The van der Waals surface area contributed by atoms with E-state index in [1.54, 1.807) is 12.1 Å². The number of carbonyl (C=O) groups is 1. The van der Waals surface area contributed by atoms with Gasteiger partial charge >= 0.3 is 5.97 Å². The lowest BCUT2D eigenvalue weighted by molar-refractivity contribution is 0.0217. The van der Waals surface area contributed by atoms with Gasteiger partial charge in [0, 0.05) is 12.2 Å². The zero-order valence-corrected chi connectivity index (χ0v) is 12.2. The summed E-state index contributed by atoms with van der Waals surface area (Å²) in [5, 5.41) is 13.0. The molecule has 0 spiro atoms. The lowest BCUT2D eigenvalue weighted by Crippen LogP contribution is -2.12. The van der Waals surface area contributed by atoms with Gasteiger partial charge in [-0.3, -0.25) is 0 Å². The smallest absolute Gasteiger partial charge is 0.335 e. The van der Waals surface area contributed by atoms with Crippen LogP contribution in [0.15, 0.2) is 28.8 Å². The minimum Gasteiger partial charge on any atom is -0.478 e. The van der Waals surface area contributed by atoms with E-state index in [2.05, 4.69) is 10.1 Å². The Balaban J connectivity index is 2.30. The Hall–Kier alpha value is -2.21. The van der Waals surface area contributed by atoms with Crippen LogP contribution in [0.25, 0.3) is 11.5 Å². The van der Waals surface area contributed by atoms with E-state index in [1.807, 2.05) is 20.8 Å². The Bertz CT molecular complexity index is 622. The number of carboxylic acids is 1. The highest BCUT2D eigenvalue weighted by Gasteiger charge is 2.22. The van der Waals surface area contributed by atoms with Crippen LogP contribution in [-0.4, -0.2) is 27.8 Å². The molecule has 0 aliphatic carbocycles. The quantitative estimate of drug-likeness (QED) is 0.879. The number of benzene rings is 1. The SMILES string of the molecule is CCOC(c1noc(-c2cccc(C(=O)O)c2)n1)C(C)C. The highest BCUT2D eigenvalue weighted by Crippen LogP contribution is 2.26. The highest BCUT2D eigenvalue weighted by molar-refractivity contribution is 5.88. The monoisotopic (exact) mass is 290 g/mol. The van der Waals surface area contributed by atoms with Crippen molar-refractivity contribution in [3.05, 3.63) is 35.7 Å². The first kappa shape index (κ1) is 15.2. The summed E-state index contributed by atoms with van der Waals surface area (Å²) in [5.41, 5.74) is 0.755. The molecule has 1 aromatic carbocycles. The number of hydrogen-bond acceptors (Lipinski definition) is 5. The largest absolute Gasteiger partial charge is 0.478 e. The maximum atomic E-state index is 11.0. The molecule has 1 heterocycles. The number of ether oxygens (including phenoxy) is 1. The van der Waals surface area contributed by atoms with Gasteiger partial charge in [-0.15, -0.1) is 0 Å². The first-order valence-electron chi connectivity index (χ1n) is 6.81. The second-order valence-electron chi connectivity index (χ2n) is 4.96. The molecule has 21 heavy (non-hydrogen) atoms. The molecule has 1 unspecified atom stereocenters. The van der Waals surface area contributed by atoms with Crippen molar-refractivity contribution in [1.82, 2.24) is 10.1 Å². The van der Waals surface area contributed by atoms with Crippen molar-refractivity contribution in [2.45, 2.75) is 26.9 Å². The van der Waals surface area contributed by atoms with Gasteiger partial charge in [0.1, 0.15) is 6.10 Å². The van der Waals surface area contributed by atoms with Gasteiger partial charge in [0.2, 0.25) is 5.82 Å². The molecule has 1 atom stereocenters. The van der Waals surface area contributed by atoms with Crippen molar-refractivity contribution in [3.8, 4) is 11.5 Å². The van der Waals surface area contributed by atoms with Gasteiger partial charge in [0.15, 0.2) is 0 Å². The van der Waals surface area contributed by atoms with Crippen molar-refractivity contribution in [2.24, 2.45) is 5.92 Å². The Morgan fingerprint density at radius 3 is 2.81 bits per heavy atom. The molecule has 6 nitrogen and oxygen atoms in total. The second-order valence-corrected chi connectivity index (χ2v) is 4.96. The molecule has 6 heteroatoms. The molecular formula is C15H18N2O4. The number of aromatic carboxylic acids is 1. The molecule has 0 saturated carbocycles. The Kier molecular flexibility index (Phi) is 4.70. The van der Waals surface area contributed by atoms with E-state index in [4.69, 9.17) is 14.4 Å². The van der Waals surface area contributed by atoms with Crippen molar-refractivity contribution >= 4 is 5.97 Å². The molecular weight excluding hydrogens is 272 g/mol. The van der Waals surface area contributed by atoms with Gasteiger partial charge in [0.25, 0.3) is 5.89 Å². The molecule has 2 aromatic rings. The zero-order chi connectivity index (χ0) is 15.4. The van der Waals surface area contributed by atoms with Crippen LogP contribution in [0.4, 0.5) is 0 Å². The number of nitrogens with zero attached hydrogens (tertiary/aromatic N) is 2. The van der Waals surface area contributed by atoms with Crippen LogP contribution in [0.5, 0.6) is 0 Å². The van der Waals surface area contributed by atoms with Crippen LogP contribution >= 0.6 is 0 Å². The molecule has 1 N–H and O–H groups in total. The standard InChI is InChI=1S/C15H18N2O4/c1-4-20-12(9(2)3)13-16-14(21-17-13)10-6-5-7-11(8-10)15(18)19/h5-9,12H,4H2,1-3H3,(H,18,19). The molecule has 0 fully saturated rings. The molecule has 0 aliphatic heterocycles. The van der Waals surface area contributed by atoms with E-state index in [9.17, 15) is 4.79 Å². The molecule has 0 bridgehead atoms. The number of rotatable bonds is 6. The summed E-state index contributed by atoms with van der Waals surface area (Å²) < 4.78 is 10.9. The van der Waals surface area contributed by atoms with Gasteiger partial charge in [-0.2, -0.15) is 4.98 Å². The predicted molar refractivity (Wildman–Crippen MR) is 75.9 cm³/mol. The van der Waals surface area contributed by atoms with Crippen molar-refractivity contribution in [2.75, 3.05) is 6.61 Å².